The predicted molar refractivity (Wildman–Crippen MR) is 113 cm³/mol. The van der Waals surface area contributed by atoms with Gasteiger partial charge in [-0.15, -0.1) is 0 Å². The minimum atomic E-state index is -4.39. The molecule has 1 aromatic heterocycles. The maximum absolute atomic E-state index is 12.8. The van der Waals surface area contributed by atoms with Crippen LogP contribution in [0.4, 0.5) is 13.2 Å². The zero-order chi connectivity index (χ0) is 23.3. The first kappa shape index (κ1) is 23.3. The molecule has 0 aliphatic rings. The van der Waals surface area contributed by atoms with Crippen molar-refractivity contribution >= 4 is 5.91 Å². The first-order valence-electron chi connectivity index (χ1n) is 10.0. The molecule has 170 valence electrons. The molecule has 0 spiro atoms. The molecule has 1 atom stereocenters. The van der Waals surface area contributed by atoms with Crippen molar-refractivity contribution in [1.29, 1.82) is 0 Å². The summed E-state index contributed by atoms with van der Waals surface area (Å²) in [6, 6.07) is 13.3. The molecule has 3 aromatic rings. The number of hydrogen-bond acceptors (Lipinski definition) is 5. The highest BCUT2D eigenvalue weighted by molar-refractivity contribution is 5.93. The highest BCUT2D eigenvalue weighted by Gasteiger charge is 2.30. The van der Waals surface area contributed by atoms with Crippen LogP contribution in [0.25, 0.3) is 11.3 Å². The Bertz CT molecular complexity index is 1030. The summed E-state index contributed by atoms with van der Waals surface area (Å²) in [6.07, 6.45) is -4.39. The van der Waals surface area contributed by atoms with Crippen LogP contribution >= 0.6 is 0 Å². The van der Waals surface area contributed by atoms with Crippen molar-refractivity contribution < 1.29 is 27.2 Å². The minimum absolute atomic E-state index is 0.110. The van der Waals surface area contributed by atoms with E-state index in [0.29, 0.717) is 17.9 Å². The van der Waals surface area contributed by atoms with Crippen molar-refractivity contribution in [3.8, 4) is 17.1 Å². The molecule has 1 heterocycles. The van der Waals surface area contributed by atoms with Gasteiger partial charge < -0.3 is 19.5 Å². The number of rotatable bonds is 8. The summed E-state index contributed by atoms with van der Waals surface area (Å²) in [6.45, 7) is 2.64. The molecule has 0 aliphatic heterocycles. The van der Waals surface area contributed by atoms with E-state index in [1.807, 2.05) is 11.8 Å². The summed E-state index contributed by atoms with van der Waals surface area (Å²) in [5.74, 6) is 0.724. The van der Waals surface area contributed by atoms with Gasteiger partial charge in [0.15, 0.2) is 11.5 Å². The molecule has 1 N–H and O–H groups in total. The van der Waals surface area contributed by atoms with Crippen LogP contribution in [-0.4, -0.2) is 43.2 Å². The Morgan fingerprint density at radius 3 is 2.34 bits per heavy atom. The van der Waals surface area contributed by atoms with E-state index in [2.05, 4.69) is 10.5 Å². The average molecular weight is 447 g/mol. The fourth-order valence-corrected chi connectivity index (χ4v) is 3.17. The molecule has 2 aromatic carbocycles. The number of alkyl halides is 3. The smallest absolute Gasteiger partial charge is 0.416 e. The summed E-state index contributed by atoms with van der Waals surface area (Å²) in [7, 11) is 3.57. The number of halogens is 3. The number of hydrogen-bond donors (Lipinski definition) is 1. The van der Waals surface area contributed by atoms with E-state index < -0.39 is 17.6 Å². The summed E-state index contributed by atoms with van der Waals surface area (Å²) < 4.78 is 49.1. The topological polar surface area (TPSA) is 67.6 Å². The van der Waals surface area contributed by atoms with Gasteiger partial charge in [-0.1, -0.05) is 17.3 Å². The van der Waals surface area contributed by atoms with E-state index in [9.17, 15) is 18.0 Å². The Hall–Kier alpha value is -3.33. The molecular weight excluding hydrogens is 423 g/mol. The molecule has 3 rings (SSSR count). The number of likely N-dealkylation sites (N-methyl/N-ethyl adjacent to an activating group) is 1. The van der Waals surface area contributed by atoms with Crippen molar-refractivity contribution in [2.24, 2.45) is 0 Å². The van der Waals surface area contributed by atoms with Crippen LogP contribution < -0.4 is 10.1 Å². The van der Waals surface area contributed by atoms with Crippen LogP contribution in [0.1, 0.15) is 34.6 Å². The molecule has 0 bridgehead atoms. The van der Waals surface area contributed by atoms with E-state index in [1.54, 1.807) is 38.4 Å². The van der Waals surface area contributed by atoms with Gasteiger partial charge in [0.25, 0.3) is 5.91 Å². The Balaban J connectivity index is 1.66. The molecule has 1 amide bonds. The van der Waals surface area contributed by atoms with E-state index in [1.165, 1.54) is 18.2 Å². The van der Waals surface area contributed by atoms with Gasteiger partial charge in [0.1, 0.15) is 5.75 Å². The normalized spacial score (nSPS) is 12.6. The van der Waals surface area contributed by atoms with Crippen LogP contribution in [0.3, 0.4) is 0 Å². The van der Waals surface area contributed by atoms with Gasteiger partial charge in [0.2, 0.25) is 0 Å². The number of ether oxygens (including phenoxy) is 1. The number of benzene rings is 2. The highest BCUT2D eigenvalue weighted by atomic mass is 19.4. The van der Waals surface area contributed by atoms with Crippen molar-refractivity contribution in [1.82, 2.24) is 15.4 Å². The zero-order valence-corrected chi connectivity index (χ0v) is 17.9. The Kier molecular flexibility index (Phi) is 7.19. The standard InChI is InChI=1S/C23H24F3N3O3/c1-4-31-18-11-7-16(8-12-18)21-13-19(28-32-21)22(30)27-14-20(29(2)3)15-5-9-17(10-6-15)23(24,25)26/h5-13,20H,4,14H2,1-3H3,(H,27,30)/t20-/m0/s1. The van der Waals surface area contributed by atoms with Crippen molar-refractivity contribution in [2.75, 3.05) is 27.2 Å². The summed E-state index contributed by atoms with van der Waals surface area (Å²) in [4.78, 5) is 14.4. The number of aromatic nitrogens is 1. The van der Waals surface area contributed by atoms with Crippen LogP contribution in [0, 0.1) is 0 Å². The van der Waals surface area contributed by atoms with Gasteiger partial charge in [-0.3, -0.25) is 4.79 Å². The monoisotopic (exact) mass is 447 g/mol. The quantitative estimate of drug-likeness (QED) is 0.538. The predicted octanol–water partition coefficient (Wildman–Crippen LogP) is 4.79. The third-order valence-electron chi connectivity index (χ3n) is 4.89. The highest BCUT2D eigenvalue weighted by Crippen LogP contribution is 2.30. The molecule has 0 saturated carbocycles. The Labute approximate surface area is 184 Å². The first-order valence-corrected chi connectivity index (χ1v) is 10.0. The lowest BCUT2D eigenvalue weighted by Crippen LogP contribution is -2.34. The lowest BCUT2D eigenvalue weighted by Gasteiger charge is -2.25. The second-order valence-corrected chi connectivity index (χ2v) is 7.34. The number of amides is 1. The van der Waals surface area contributed by atoms with Gasteiger partial charge >= 0.3 is 6.18 Å². The van der Waals surface area contributed by atoms with Crippen molar-refractivity contribution in [2.45, 2.75) is 19.1 Å². The SMILES string of the molecule is CCOc1ccc(-c2cc(C(=O)NC[C@@H](c3ccc(C(F)(F)F)cc3)N(C)C)no2)cc1. The Morgan fingerprint density at radius 2 is 1.78 bits per heavy atom. The molecule has 0 saturated heterocycles. The molecule has 32 heavy (non-hydrogen) atoms. The van der Waals surface area contributed by atoms with E-state index in [4.69, 9.17) is 9.26 Å². The Morgan fingerprint density at radius 1 is 1.12 bits per heavy atom. The molecule has 6 nitrogen and oxygen atoms in total. The lowest BCUT2D eigenvalue weighted by molar-refractivity contribution is -0.137. The van der Waals surface area contributed by atoms with E-state index in [-0.39, 0.29) is 18.3 Å². The number of nitrogens with one attached hydrogen (secondary N) is 1. The molecule has 0 unspecified atom stereocenters. The maximum Gasteiger partial charge on any atom is 0.416 e. The van der Waals surface area contributed by atoms with Gasteiger partial charge in [0, 0.05) is 18.2 Å². The summed E-state index contributed by atoms with van der Waals surface area (Å²) in [5, 5.41) is 6.60. The first-order chi connectivity index (χ1) is 15.2. The number of carbonyl (C=O) groups excluding carboxylic acids is 1. The molecular formula is C23H24F3N3O3. The third kappa shape index (κ3) is 5.67. The second kappa shape index (κ2) is 9.86. The second-order valence-electron chi connectivity index (χ2n) is 7.34. The van der Waals surface area contributed by atoms with Gasteiger partial charge in [-0.25, -0.2) is 0 Å². The van der Waals surface area contributed by atoms with Crippen LogP contribution in [0.5, 0.6) is 5.75 Å². The van der Waals surface area contributed by atoms with Gasteiger partial charge in [-0.2, -0.15) is 13.2 Å². The zero-order valence-electron chi connectivity index (χ0n) is 17.9. The molecule has 0 aliphatic carbocycles. The average Bonchev–Trinajstić information content (AvgIpc) is 3.24. The lowest BCUT2D eigenvalue weighted by atomic mass is 10.0. The molecule has 0 fully saturated rings. The van der Waals surface area contributed by atoms with E-state index >= 15 is 0 Å². The number of nitrogens with zero attached hydrogens (tertiary/aromatic N) is 2. The summed E-state index contributed by atoms with van der Waals surface area (Å²) in [5.41, 5.74) is 0.792. The van der Waals surface area contributed by atoms with Crippen LogP contribution in [-0.2, 0) is 6.18 Å². The van der Waals surface area contributed by atoms with Gasteiger partial charge in [0.05, 0.1) is 18.2 Å². The largest absolute Gasteiger partial charge is 0.494 e. The fourth-order valence-electron chi connectivity index (χ4n) is 3.17. The third-order valence-corrected chi connectivity index (χ3v) is 4.89. The fraction of sp³-hybridized carbons (Fsp3) is 0.304. The van der Waals surface area contributed by atoms with Gasteiger partial charge in [-0.05, 0) is 63.0 Å². The molecule has 0 radical (unpaired) electrons. The maximum atomic E-state index is 12.8. The van der Waals surface area contributed by atoms with Crippen molar-refractivity contribution in [3.63, 3.8) is 0 Å². The van der Waals surface area contributed by atoms with E-state index in [0.717, 1.165) is 23.4 Å². The summed E-state index contributed by atoms with van der Waals surface area (Å²) >= 11 is 0. The van der Waals surface area contributed by atoms with Crippen LogP contribution in [0.15, 0.2) is 59.1 Å². The van der Waals surface area contributed by atoms with Crippen molar-refractivity contribution in [3.05, 3.63) is 71.4 Å². The minimum Gasteiger partial charge on any atom is -0.494 e. The van der Waals surface area contributed by atoms with Crippen LogP contribution in [0.2, 0.25) is 0 Å². The molecule has 9 heteroatoms. The number of carbonyl (C=O) groups is 1.